The number of furan rings is 1. The third-order valence-corrected chi connectivity index (χ3v) is 3.60. The van der Waals surface area contributed by atoms with Crippen molar-refractivity contribution in [1.82, 2.24) is 5.32 Å². The standard InChI is InChI=1S/C16H21NO2/c1-4-7-17-9-12-10-18-15-13(12)6-5-11-8-16(2,3)19-14(11)15/h5-6,10,17H,4,7-9H2,1-3H3. The number of hydrogen-bond acceptors (Lipinski definition) is 3. The molecule has 0 amide bonds. The number of nitrogens with one attached hydrogen (secondary N) is 1. The lowest BCUT2D eigenvalue weighted by Gasteiger charge is -2.16. The molecule has 0 bridgehead atoms. The van der Waals surface area contributed by atoms with Gasteiger partial charge in [0.1, 0.15) is 5.60 Å². The fourth-order valence-electron chi connectivity index (χ4n) is 2.73. The van der Waals surface area contributed by atoms with Gasteiger partial charge in [-0.1, -0.05) is 19.1 Å². The normalized spacial score (nSPS) is 16.6. The maximum atomic E-state index is 6.03. The van der Waals surface area contributed by atoms with Crippen LogP contribution in [-0.4, -0.2) is 12.1 Å². The second-order valence-electron chi connectivity index (χ2n) is 5.91. The van der Waals surface area contributed by atoms with Gasteiger partial charge in [-0.15, -0.1) is 0 Å². The predicted octanol–water partition coefficient (Wildman–Crippen LogP) is 3.65. The van der Waals surface area contributed by atoms with Crippen molar-refractivity contribution in [3.8, 4) is 5.75 Å². The molecule has 19 heavy (non-hydrogen) atoms. The Bertz CT molecular complexity index is 598. The zero-order chi connectivity index (χ0) is 13.5. The molecule has 3 rings (SSSR count). The van der Waals surface area contributed by atoms with Gasteiger partial charge in [-0.2, -0.15) is 0 Å². The van der Waals surface area contributed by atoms with E-state index in [-0.39, 0.29) is 5.60 Å². The number of ether oxygens (including phenoxy) is 1. The van der Waals surface area contributed by atoms with E-state index < -0.39 is 0 Å². The molecule has 0 aliphatic carbocycles. The molecule has 0 fully saturated rings. The first-order valence-electron chi connectivity index (χ1n) is 7.02. The first-order chi connectivity index (χ1) is 9.11. The van der Waals surface area contributed by atoms with E-state index in [4.69, 9.17) is 9.15 Å². The average Bonchev–Trinajstić information content (AvgIpc) is 2.88. The van der Waals surface area contributed by atoms with E-state index in [2.05, 4.69) is 38.2 Å². The van der Waals surface area contributed by atoms with Crippen LogP contribution in [0.2, 0.25) is 0 Å². The molecule has 0 saturated heterocycles. The first-order valence-corrected chi connectivity index (χ1v) is 7.02. The van der Waals surface area contributed by atoms with Crippen LogP contribution in [0, 0.1) is 0 Å². The minimum absolute atomic E-state index is 0.121. The zero-order valence-corrected chi connectivity index (χ0v) is 11.9. The summed E-state index contributed by atoms with van der Waals surface area (Å²) >= 11 is 0. The molecule has 102 valence electrons. The third-order valence-electron chi connectivity index (χ3n) is 3.60. The van der Waals surface area contributed by atoms with Crippen molar-refractivity contribution in [3.63, 3.8) is 0 Å². The van der Waals surface area contributed by atoms with E-state index in [1.807, 2.05) is 6.26 Å². The summed E-state index contributed by atoms with van der Waals surface area (Å²) in [6.45, 7) is 8.28. The molecule has 1 N–H and O–H groups in total. The second kappa shape index (κ2) is 4.57. The van der Waals surface area contributed by atoms with Crippen LogP contribution in [0.5, 0.6) is 5.75 Å². The van der Waals surface area contributed by atoms with Gasteiger partial charge in [0, 0.05) is 29.5 Å². The minimum atomic E-state index is -0.121. The minimum Gasteiger partial charge on any atom is -0.483 e. The molecular formula is C16H21NO2. The molecule has 0 atom stereocenters. The average molecular weight is 259 g/mol. The van der Waals surface area contributed by atoms with Crippen LogP contribution >= 0.6 is 0 Å². The van der Waals surface area contributed by atoms with Crippen molar-refractivity contribution in [3.05, 3.63) is 29.5 Å². The van der Waals surface area contributed by atoms with Gasteiger partial charge < -0.3 is 14.5 Å². The number of fused-ring (bicyclic) bond motifs is 3. The Balaban J connectivity index is 1.95. The van der Waals surface area contributed by atoms with E-state index in [1.165, 1.54) is 16.5 Å². The smallest absolute Gasteiger partial charge is 0.176 e. The molecule has 0 radical (unpaired) electrons. The van der Waals surface area contributed by atoms with Crippen LogP contribution in [0.15, 0.2) is 22.8 Å². The van der Waals surface area contributed by atoms with Crippen molar-refractivity contribution < 1.29 is 9.15 Å². The van der Waals surface area contributed by atoms with Crippen molar-refractivity contribution in [1.29, 1.82) is 0 Å². The van der Waals surface area contributed by atoms with Gasteiger partial charge in [-0.3, -0.25) is 0 Å². The van der Waals surface area contributed by atoms with E-state index in [1.54, 1.807) is 0 Å². The lowest BCUT2D eigenvalue weighted by atomic mass is 10.0. The summed E-state index contributed by atoms with van der Waals surface area (Å²) in [4.78, 5) is 0. The third kappa shape index (κ3) is 2.23. The maximum absolute atomic E-state index is 6.03. The monoisotopic (exact) mass is 259 g/mol. The Hall–Kier alpha value is -1.48. The first kappa shape index (κ1) is 12.5. The summed E-state index contributed by atoms with van der Waals surface area (Å²) in [5, 5.41) is 4.58. The van der Waals surface area contributed by atoms with Gasteiger partial charge in [0.25, 0.3) is 0 Å². The topological polar surface area (TPSA) is 34.4 Å². The van der Waals surface area contributed by atoms with E-state index in [9.17, 15) is 0 Å². The Kier molecular flexibility index (Phi) is 3.02. The summed E-state index contributed by atoms with van der Waals surface area (Å²) in [6, 6.07) is 4.33. The van der Waals surface area contributed by atoms with Crippen molar-refractivity contribution in [2.24, 2.45) is 0 Å². The number of rotatable bonds is 4. The summed E-state index contributed by atoms with van der Waals surface area (Å²) in [5.41, 5.74) is 3.24. The van der Waals surface area contributed by atoms with Crippen molar-refractivity contribution in [2.45, 2.75) is 45.8 Å². The Morgan fingerprint density at radius 3 is 2.95 bits per heavy atom. The quantitative estimate of drug-likeness (QED) is 0.851. The van der Waals surface area contributed by atoms with Crippen LogP contribution in [-0.2, 0) is 13.0 Å². The molecule has 1 aliphatic rings. The van der Waals surface area contributed by atoms with Crippen LogP contribution in [0.4, 0.5) is 0 Å². The molecule has 2 heterocycles. The number of hydrogen-bond donors (Lipinski definition) is 1. The SMILES string of the molecule is CCCNCc1coc2c3c(ccc12)CC(C)(C)O3. The fourth-order valence-corrected chi connectivity index (χ4v) is 2.73. The van der Waals surface area contributed by atoms with Crippen LogP contribution in [0.1, 0.15) is 38.3 Å². The van der Waals surface area contributed by atoms with Crippen molar-refractivity contribution in [2.75, 3.05) is 6.54 Å². The second-order valence-corrected chi connectivity index (χ2v) is 5.91. The highest BCUT2D eigenvalue weighted by Crippen LogP contribution is 2.41. The van der Waals surface area contributed by atoms with E-state index in [0.29, 0.717) is 0 Å². The lowest BCUT2D eigenvalue weighted by Crippen LogP contribution is -2.24. The van der Waals surface area contributed by atoms with Crippen molar-refractivity contribution >= 4 is 11.0 Å². The Labute approximate surface area is 113 Å². The van der Waals surface area contributed by atoms with Gasteiger partial charge >= 0.3 is 0 Å². The highest BCUT2D eigenvalue weighted by Gasteiger charge is 2.32. The Morgan fingerprint density at radius 1 is 1.32 bits per heavy atom. The largest absolute Gasteiger partial charge is 0.483 e. The fraction of sp³-hybridized carbons (Fsp3) is 0.500. The van der Waals surface area contributed by atoms with Crippen LogP contribution in [0.3, 0.4) is 0 Å². The summed E-state index contributed by atoms with van der Waals surface area (Å²) in [5.74, 6) is 0.934. The molecule has 2 aromatic rings. The molecule has 3 heteroatoms. The van der Waals surface area contributed by atoms with Gasteiger partial charge in [-0.05, 0) is 26.8 Å². The molecule has 3 nitrogen and oxygen atoms in total. The van der Waals surface area contributed by atoms with Gasteiger partial charge in [0.05, 0.1) is 6.26 Å². The molecular weight excluding hydrogens is 238 g/mol. The van der Waals surface area contributed by atoms with Crippen LogP contribution in [0.25, 0.3) is 11.0 Å². The van der Waals surface area contributed by atoms with Gasteiger partial charge in [0.2, 0.25) is 0 Å². The molecule has 0 saturated carbocycles. The maximum Gasteiger partial charge on any atom is 0.176 e. The van der Waals surface area contributed by atoms with E-state index >= 15 is 0 Å². The molecule has 1 aromatic heterocycles. The lowest BCUT2D eigenvalue weighted by molar-refractivity contribution is 0.139. The zero-order valence-electron chi connectivity index (χ0n) is 11.9. The van der Waals surface area contributed by atoms with Gasteiger partial charge in [-0.25, -0.2) is 0 Å². The molecule has 0 spiro atoms. The predicted molar refractivity (Wildman–Crippen MR) is 76.6 cm³/mol. The molecule has 0 unspecified atom stereocenters. The summed E-state index contributed by atoms with van der Waals surface area (Å²) < 4.78 is 11.8. The summed E-state index contributed by atoms with van der Waals surface area (Å²) in [7, 11) is 0. The Morgan fingerprint density at radius 2 is 2.16 bits per heavy atom. The van der Waals surface area contributed by atoms with E-state index in [0.717, 1.165) is 37.3 Å². The van der Waals surface area contributed by atoms with Gasteiger partial charge in [0.15, 0.2) is 11.3 Å². The summed E-state index contributed by atoms with van der Waals surface area (Å²) in [6.07, 6.45) is 3.94. The molecule has 1 aliphatic heterocycles. The van der Waals surface area contributed by atoms with Crippen LogP contribution < -0.4 is 10.1 Å². The molecule has 1 aromatic carbocycles. The highest BCUT2D eigenvalue weighted by molar-refractivity contribution is 5.88. The number of benzene rings is 1. The highest BCUT2D eigenvalue weighted by atomic mass is 16.5.